The van der Waals surface area contributed by atoms with Gasteiger partial charge in [-0.2, -0.15) is 0 Å². The molecular weight excluding hydrogens is 354 g/mol. The van der Waals surface area contributed by atoms with Gasteiger partial charge in [0.2, 0.25) is 0 Å². The molecule has 5 heteroatoms. The van der Waals surface area contributed by atoms with Crippen LogP contribution in [0.3, 0.4) is 0 Å². The molecule has 122 valence electrons. The molecule has 1 aliphatic rings. The van der Waals surface area contributed by atoms with Gasteiger partial charge in [0.25, 0.3) is 11.1 Å². The fraction of sp³-hybridized carbons (Fsp3) is 0. The van der Waals surface area contributed by atoms with Crippen LogP contribution >= 0.6 is 23.4 Å². The van der Waals surface area contributed by atoms with Gasteiger partial charge in [-0.25, -0.2) is 4.90 Å². The van der Waals surface area contributed by atoms with Gasteiger partial charge >= 0.3 is 0 Å². The van der Waals surface area contributed by atoms with E-state index in [1.165, 1.54) is 4.90 Å². The predicted octanol–water partition coefficient (Wildman–Crippen LogP) is 5.73. The van der Waals surface area contributed by atoms with Gasteiger partial charge in [-0.1, -0.05) is 54.1 Å². The van der Waals surface area contributed by atoms with Gasteiger partial charge in [0, 0.05) is 5.02 Å². The Morgan fingerprint density at radius 3 is 2.40 bits per heavy atom. The van der Waals surface area contributed by atoms with Crippen molar-refractivity contribution in [2.24, 2.45) is 0 Å². The van der Waals surface area contributed by atoms with Crippen LogP contribution in [0, 0.1) is 0 Å². The summed E-state index contributed by atoms with van der Waals surface area (Å²) in [5.74, 6) is -0.315. The van der Waals surface area contributed by atoms with Crippen LogP contribution in [0.25, 0.3) is 16.8 Å². The lowest BCUT2D eigenvalue weighted by molar-refractivity contribution is -0.113. The minimum absolute atomic E-state index is 0.307. The highest BCUT2D eigenvalue weighted by Crippen LogP contribution is 2.36. The van der Waals surface area contributed by atoms with E-state index in [4.69, 9.17) is 11.6 Å². The molecule has 3 aromatic rings. The molecule has 2 amide bonds. The zero-order chi connectivity index (χ0) is 17.4. The van der Waals surface area contributed by atoms with Gasteiger partial charge in [0.1, 0.15) is 0 Å². The Labute approximate surface area is 153 Å². The van der Waals surface area contributed by atoms with Crippen LogP contribution in [0.2, 0.25) is 5.02 Å². The van der Waals surface area contributed by atoms with Crippen LogP contribution in [0.1, 0.15) is 5.56 Å². The average molecular weight is 366 g/mol. The molecule has 0 spiro atoms. The van der Waals surface area contributed by atoms with Gasteiger partial charge in [0.05, 0.1) is 10.6 Å². The molecule has 1 saturated heterocycles. The van der Waals surface area contributed by atoms with E-state index in [2.05, 4.69) is 0 Å². The number of hydrogen-bond acceptors (Lipinski definition) is 3. The summed E-state index contributed by atoms with van der Waals surface area (Å²) in [6.45, 7) is 0. The van der Waals surface area contributed by atoms with Crippen molar-refractivity contribution in [2.75, 3.05) is 4.90 Å². The summed E-state index contributed by atoms with van der Waals surface area (Å²) in [7, 11) is 0. The molecule has 1 heterocycles. The Kier molecular flexibility index (Phi) is 4.07. The third-order valence-electron chi connectivity index (χ3n) is 3.99. The Hall–Kier alpha value is -2.56. The molecule has 1 fully saturated rings. The monoisotopic (exact) mass is 365 g/mol. The number of amides is 2. The van der Waals surface area contributed by atoms with Gasteiger partial charge in [-0.3, -0.25) is 9.59 Å². The summed E-state index contributed by atoms with van der Waals surface area (Å²) in [5, 5.41) is 2.39. The second-order valence-corrected chi connectivity index (χ2v) is 6.99. The van der Waals surface area contributed by atoms with E-state index in [0.717, 1.165) is 28.1 Å². The molecule has 0 bridgehead atoms. The SMILES string of the molecule is O=C1S/C(=C\c2cccc3ccccc23)C(=O)N1c1ccc(Cl)cc1. The number of halogens is 1. The second-order valence-electron chi connectivity index (χ2n) is 5.56. The molecule has 0 aliphatic carbocycles. The minimum atomic E-state index is -0.315. The van der Waals surface area contributed by atoms with Crippen molar-refractivity contribution in [1.82, 2.24) is 0 Å². The first-order chi connectivity index (χ1) is 12.1. The molecule has 3 nitrogen and oxygen atoms in total. The Morgan fingerprint density at radius 2 is 1.60 bits per heavy atom. The third-order valence-corrected chi connectivity index (χ3v) is 5.11. The highest BCUT2D eigenvalue weighted by atomic mass is 35.5. The number of benzene rings is 3. The molecule has 0 N–H and O–H groups in total. The van der Waals surface area contributed by atoms with Crippen molar-refractivity contribution < 1.29 is 9.59 Å². The van der Waals surface area contributed by atoms with Crippen LogP contribution in [-0.4, -0.2) is 11.1 Å². The number of carbonyl (C=O) groups is 2. The topological polar surface area (TPSA) is 37.4 Å². The summed E-state index contributed by atoms with van der Waals surface area (Å²) < 4.78 is 0. The Morgan fingerprint density at radius 1 is 0.880 bits per heavy atom. The Balaban J connectivity index is 1.74. The predicted molar refractivity (Wildman–Crippen MR) is 104 cm³/mol. The largest absolute Gasteiger partial charge is 0.298 e. The molecule has 0 saturated carbocycles. The zero-order valence-electron chi connectivity index (χ0n) is 13.0. The van der Waals surface area contributed by atoms with E-state index in [1.807, 2.05) is 42.5 Å². The van der Waals surface area contributed by atoms with Crippen LogP contribution in [0.15, 0.2) is 71.6 Å². The van der Waals surface area contributed by atoms with E-state index in [0.29, 0.717) is 15.6 Å². The van der Waals surface area contributed by atoms with Crippen molar-refractivity contribution in [2.45, 2.75) is 0 Å². The van der Waals surface area contributed by atoms with E-state index in [1.54, 1.807) is 30.3 Å². The number of hydrogen-bond donors (Lipinski definition) is 0. The maximum atomic E-state index is 12.7. The molecule has 0 unspecified atom stereocenters. The first-order valence-corrected chi connectivity index (χ1v) is 8.84. The lowest BCUT2D eigenvalue weighted by Gasteiger charge is -2.12. The van der Waals surface area contributed by atoms with Crippen molar-refractivity contribution in [3.63, 3.8) is 0 Å². The second kappa shape index (κ2) is 6.39. The molecule has 3 aromatic carbocycles. The van der Waals surface area contributed by atoms with Gasteiger partial charge in [0.15, 0.2) is 0 Å². The smallest absolute Gasteiger partial charge is 0.268 e. The Bertz CT molecular complexity index is 1020. The van der Waals surface area contributed by atoms with Gasteiger partial charge < -0.3 is 0 Å². The highest BCUT2D eigenvalue weighted by molar-refractivity contribution is 8.19. The zero-order valence-corrected chi connectivity index (χ0v) is 14.6. The van der Waals surface area contributed by atoms with Crippen molar-refractivity contribution in [3.05, 3.63) is 82.2 Å². The van der Waals surface area contributed by atoms with E-state index >= 15 is 0 Å². The van der Waals surface area contributed by atoms with E-state index in [-0.39, 0.29) is 11.1 Å². The lowest BCUT2D eigenvalue weighted by Crippen LogP contribution is -2.27. The summed E-state index contributed by atoms with van der Waals surface area (Å²) >= 11 is 6.83. The van der Waals surface area contributed by atoms with Crippen LogP contribution in [0.4, 0.5) is 10.5 Å². The fourth-order valence-electron chi connectivity index (χ4n) is 2.80. The van der Waals surface area contributed by atoms with Crippen LogP contribution < -0.4 is 4.90 Å². The molecule has 0 radical (unpaired) electrons. The average Bonchev–Trinajstić information content (AvgIpc) is 2.90. The normalized spacial score (nSPS) is 16.2. The highest BCUT2D eigenvalue weighted by Gasteiger charge is 2.36. The number of anilines is 1. The fourth-order valence-corrected chi connectivity index (χ4v) is 3.76. The lowest BCUT2D eigenvalue weighted by atomic mass is 10.0. The summed E-state index contributed by atoms with van der Waals surface area (Å²) in [6, 6.07) is 20.5. The number of rotatable bonds is 2. The van der Waals surface area contributed by atoms with Gasteiger partial charge in [-0.15, -0.1) is 0 Å². The molecular formula is C20H12ClNO2S. The maximum Gasteiger partial charge on any atom is 0.298 e. The standard InChI is InChI=1S/C20H12ClNO2S/c21-15-8-10-16(11-9-15)22-19(23)18(25-20(22)24)12-14-6-3-5-13-4-1-2-7-17(13)14/h1-12H/b18-12-. The minimum Gasteiger partial charge on any atom is -0.268 e. The first-order valence-electron chi connectivity index (χ1n) is 7.65. The number of imide groups is 1. The van der Waals surface area contributed by atoms with Crippen molar-refractivity contribution in [1.29, 1.82) is 0 Å². The van der Waals surface area contributed by atoms with Crippen LogP contribution in [0.5, 0.6) is 0 Å². The first kappa shape index (κ1) is 15.9. The molecule has 0 atom stereocenters. The number of thioether (sulfide) groups is 1. The number of carbonyl (C=O) groups excluding carboxylic acids is 2. The van der Waals surface area contributed by atoms with Crippen molar-refractivity contribution in [3.8, 4) is 0 Å². The summed E-state index contributed by atoms with van der Waals surface area (Å²) in [5.41, 5.74) is 1.44. The van der Waals surface area contributed by atoms with E-state index < -0.39 is 0 Å². The molecule has 0 aromatic heterocycles. The quantitative estimate of drug-likeness (QED) is 0.544. The number of fused-ring (bicyclic) bond motifs is 1. The third kappa shape index (κ3) is 2.95. The number of nitrogens with zero attached hydrogens (tertiary/aromatic N) is 1. The molecule has 25 heavy (non-hydrogen) atoms. The molecule has 4 rings (SSSR count). The summed E-state index contributed by atoms with van der Waals surface area (Å²) in [6.07, 6.45) is 1.78. The van der Waals surface area contributed by atoms with E-state index in [9.17, 15) is 9.59 Å². The maximum absolute atomic E-state index is 12.7. The summed E-state index contributed by atoms with van der Waals surface area (Å²) in [4.78, 5) is 26.6. The molecule has 1 aliphatic heterocycles. The van der Waals surface area contributed by atoms with Gasteiger partial charge in [-0.05, 0) is 58.4 Å². The van der Waals surface area contributed by atoms with Crippen LogP contribution in [-0.2, 0) is 4.79 Å². The van der Waals surface area contributed by atoms with Crippen molar-refractivity contribution >= 4 is 57.0 Å².